The largest absolute Gasteiger partial charge is 0.386 e. The van der Waals surface area contributed by atoms with E-state index in [0.717, 1.165) is 29.8 Å². The molecule has 0 amide bonds. The third-order valence-electron chi connectivity index (χ3n) is 5.24. The van der Waals surface area contributed by atoms with Gasteiger partial charge in [-0.2, -0.15) is 0 Å². The molecule has 0 bridgehead atoms. The zero-order valence-corrected chi connectivity index (χ0v) is 20.9. The molecule has 162 valence electrons. The number of thiophene rings is 1. The van der Waals surface area contributed by atoms with E-state index in [1.165, 1.54) is 36.0 Å². The molecule has 2 heterocycles. The maximum absolute atomic E-state index is 10.6. The molecule has 1 aliphatic heterocycles. The second-order valence-corrected chi connectivity index (χ2v) is 9.31. The van der Waals surface area contributed by atoms with Crippen LogP contribution in [-0.4, -0.2) is 55.7 Å². The standard InChI is InChI=1S/C22H34N4OS.HI/c1-16(2)14-26-10-6-7-17(15-26)12-24-22(23-3)25-13-19(27)21-11-18-8-4-5-9-20(18)28-21;/h4-5,8-9,11,16-17,19,27H,6-7,10,12-15H2,1-3H3,(H2,23,24,25);1H. The first-order chi connectivity index (χ1) is 13.5. The van der Waals surface area contributed by atoms with E-state index < -0.39 is 6.10 Å². The molecule has 0 aliphatic carbocycles. The maximum atomic E-state index is 10.6. The molecule has 1 aromatic carbocycles. The van der Waals surface area contributed by atoms with Crippen molar-refractivity contribution in [1.29, 1.82) is 0 Å². The zero-order valence-electron chi connectivity index (χ0n) is 17.7. The van der Waals surface area contributed by atoms with Crippen molar-refractivity contribution in [3.63, 3.8) is 0 Å². The van der Waals surface area contributed by atoms with Gasteiger partial charge in [-0.1, -0.05) is 32.0 Å². The van der Waals surface area contributed by atoms with Gasteiger partial charge in [0.1, 0.15) is 6.10 Å². The zero-order chi connectivity index (χ0) is 19.9. The summed E-state index contributed by atoms with van der Waals surface area (Å²) < 4.78 is 1.21. The fourth-order valence-electron chi connectivity index (χ4n) is 3.92. The minimum atomic E-state index is -0.535. The summed E-state index contributed by atoms with van der Waals surface area (Å²) >= 11 is 1.65. The number of hydrogen-bond donors (Lipinski definition) is 3. The van der Waals surface area contributed by atoms with E-state index in [9.17, 15) is 5.11 Å². The van der Waals surface area contributed by atoms with E-state index in [2.05, 4.69) is 52.6 Å². The first-order valence-electron chi connectivity index (χ1n) is 10.4. The third-order valence-corrected chi connectivity index (χ3v) is 6.46. The minimum absolute atomic E-state index is 0. The summed E-state index contributed by atoms with van der Waals surface area (Å²) in [5.41, 5.74) is 0. The van der Waals surface area contributed by atoms with Gasteiger partial charge in [-0.15, -0.1) is 35.3 Å². The van der Waals surface area contributed by atoms with Crippen LogP contribution in [0.15, 0.2) is 35.3 Å². The summed E-state index contributed by atoms with van der Waals surface area (Å²) in [6, 6.07) is 10.3. The Labute approximate surface area is 196 Å². The van der Waals surface area contributed by atoms with Crippen LogP contribution in [0.5, 0.6) is 0 Å². The van der Waals surface area contributed by atoms with Crippen LogP contribution in [0, 0.1) is 11.8 Å². The summed E-state index contributed by atoms with van der Waals surface area (Å²) in [4.78, 5) is 7.89. The molecule has 5 nitrogen and oxygen atoms in total. The molecule has 1 aliphatic rings. The molecule has 2 atom stereocenters. The Bertz CT molecular complexity index is 746. The number of nitrogens with zero attached hydrogens (tertiary/aromatic N) is 2. The third kappa shape index (κ3) is 7.38. The van der Waals surface area contributed by atoms with Crippen molar-refractivity contribution in [1.82, 2.24) is 15.5 Å². The first-order valence-corrected chi connectivity index (χ1v) is 11.2. The summed E-state index contributed by atoms with van der Waals surface area (Å²) in [6.45, 7) is 9.52. The number of rotatable bonds is 7. The second-order valence-electron chi connectivity index (χ2n) is 8.20. The summed E-state index contributed by atoms with van der Waals surface area (Å²) in [5.74, 6) is 2.14. The van der Waals surface area contributed by atoms with Gasteiger partial charge in [-0.3, -0.25) is 4.99 Å². The fraction of sp³-hybridized carbons (Fsp3) is 0.591. The molecule has 3 N–H and O–H groups in total. The number of likely N-dealkylation sites (tertiary alicyclic amines) is 1. The highest BCUT2D eigenvalue weighted by molar-refractivity contribution is 14.0. The van der Waals surface area contributed by atoms with Gasteiger partial charge in [0.25, 0.3) is 0 Å². The van der Waals surface area contributed by atoms with Gasteiger partial charge in [0.05, 0.1) is 0 Å². The SMILES string of the molecule is CN=C(NCC1CCCN(CC(C)C)C1)NCC(O)c1cc2ccccc2s1.I. The molecule has 2 aromatic rings. The molecule has 0 radical (unpaired) electrons. The first kappa shape index (κ1) is 24.4. The van der Waals surface area contributed by atoms with E-state index in [1.54, 1.807) is 18.4 Å². The van der Waals surface area contributed by atoms with Crippen molar-refractivity contribution in [2.75, 3.05) is 39.8 Å². The van der Waals surface area contributed by atoms with Crippen molar-refractivity contribution in [3.05, 3.63) is 35.2 Å². The number of aliphatic hydroxyl groups is 1. The summed E-state index contributed by atoms with van der Waals surface area (Å²) in [7, 11) is 1.78. The van der Waals surface area contributed by atoms with Crippen molar-refractivity contribution in [3.8, 4) is 0 Å². The Morgan fingerprint density at radius 1 is 1.31 bits per heavy atom. The van der Waals surface area contributed by atoms with Gasteiger partial charge in [0.2, 0.25) is 0 Å². The van der Waals surface area contributed by atoms with Crippen LogP contribution in [-0.2, 0) is 0 Å². The lowest BCUT2D eigenvalue weighted by Gasteiger charge is -2.34. The van der Waals surface area contributed by atoms with E-state index in [-0.39, 0.29) is 24.0 Å². The number of halogens is 1. The smallest absolute Gasteiger partial charge is 0.191 e. The van der Waals surface area contributed by atoms with E-state index in [4.69, 9.17) is 0 Å². The van der Waals surface area contributed by atoms with Crippen LogP contribution in [0.2, 0.25) is 0 Å². The molecule has 1 fully saturated rings. The molecule has 1 aromatic heterocycles. The van der Waals surface area contributed by atoms with Crippen molar-refractivity contribution in [2.24, 2.45) is 16.8 Å². The Balaban J connectivity index is 0.00000300. The van der Waals surface area contributed by atoms with Gasteiger partial charge in [-0.05, 0) is 48.7 Å². The maximum Gasteiger partial charge on any atom is 0.191 e. The molecule has 2 unspecified atom stereocenters. The predicted octanol–water partition coefficient (Wildman–Crippen LogP) is 4.09. The highest BCUT2D eigenvalue weighted by Crippen LogP contribution is 2.29. The lowest BCUT2D eigenvalue weighted by Crippen LogP contribution is -2.45. The van der Waals surface area contributed by atoms with E-state index in [0.29, 0.717) is 12.5 Å². The monoisotopic (exact) mass is 530 g/mol. The number of piperidine rings is 1. The normalized spacial score (nSPS) is 19.2. The Morgan fingerprint density at radius 3 is 2.83 bits per heavy atom. The van der Waals surface area contributed by atoms with Crippen molar-refractivity contribution in [2.45, 2.75) is 32.8 Å². The number of fused-ring (bicyclic) bond motifs is 1. The van der Waals surface area contributed by atoms with Gasteiger partial charge in [0.15, 0.2) is 5.96 Å². The molecule has 3 rings (SSSR count). The molecule has 0 spiro atoms. The Kier molecular flexibility index (Phi) is 10.1. The Morgan fingerprint density at radius 2 is 2.10 bits per heavy atom. The predicted molar refractivity (Wildman–Crippen MR) is 136 cm³/mol. The van der Waals surface area contributed by atoms with Crippen molar-refractivity contribution < 1.29 is 5.11 Å². The number of aliphatic imine (C=N–C) groups is 1. The second kappa shape index (κ2) is 12.1. The molecule has 0 saturated carbocycles. The number of nitrogens with one attached hydrogen (secondary N) is 2. The lowest BCUT2D eigenvalue weighted by atomic mass is 9.97. The van der Waals surface area contributed by atoms with Crippen LogP contribution in [0.1, 0.15) is 37.7 Å². The van der Waals surface area contributed by atoms with Gasteiger partial charge in [-0.25, -0.2) is 0 Å². The highest BCUT2D eigenvalue weighted by Gasteiger charge is 2.20. The molecular formula is C22H35IN4OS. The van der Waals surface area contributed by atoms with Crippen LogP contribution in [0.25, 0.3) is 10.1 Å². The number of guanidine groups is 1. The number of hydrogen-bond acceptors (Lipinski definition) is 4. The van der Waals surface area contributed by atoms with Gasteiger partial charge >= 0.3 is 0 Å². The van der Waals surface area contributed by atoms with Crippen LogP contribution in [0.3, 0.4) is 0 Å². The Hall–Kier alpha value is -0.900. The average molecular weight is 531 g/mol. The molecule has 1 saturated heterocycles. The van der Waals surface area contributed by atoms with Crippen molar-refractivity contribution >= 4 is 51.4 Å². The van der Waals surface area contributed by atoms with Crippen LogP contribution < -0.4 is 10.6 Å². The summed E-state index contributed by atoms with van der Waals surface area (Å²) in [6.07, 6.45) is 2.01. The van der Waals surface area contributed by atoms with Crippen LogP contribution in [0.4, 0.5) is 0 Å². The molecule has 29 heavy (non-hydrogen) atoms. The fourth-order valence-corrected chi connectivity index (χ4v) is 4.97. The van der Waals surface area contributed by atoms with Crippen LogP contribution >= 0.6 is 35.3 Å². The lowest BCUT2D eigenvalue weighted by molar-refractivity contribution is 0.159. The topological polar surface area (TPSA) is 59.9 Å². The number of benzene rings is 1. The van der Waals surface area contributed by atoms with E-state index in [1.807, 2.05) is 12.1 Å². The summed E-state index contributed by atoms with van der Waals surface area (Å²) in [5, 5.41) is 18.5. The van der Waals surface area contributed by atoms with Gasteiger partial charge < -0.3 is 20.6 Å². The minimum Gasteiger partial charge on any atom is -0.386 e. The van der Waals surface area contributed by atoms with E-state index >= 15 is 0 Å². The van der Waals surface area contributed by atoms with Gasteiger partial charge in [0, 0.05) is 42.8 Å². The average Bonchev–Trinajstić information content (AvgIpc) is 3.12. The molecule has 7 heteroatoms. The highest BCUT2D eigenvalue weighted by atomic mass is 127. The number of aliphatic hydroxyl groups excluding tert-OH is 1. The quantitative estimate of drug-likeness (QED) is 0.287. The molecular weight excluding hydrogens is 495 g/mol.